The van der Waals surface area contributed by atoms with Crippen molar-refractivity contribution in [3.63, 3.8) is 0 Å². The number of unbranched alkanes of at least 4 members (excludes halogenated alkanes) is 21. The summed E-state index contributed by atoms with van der Waals surface area (Å²) in [5.41, 5.74) is 0. The molecule has 3 unspecified atom stereocenters. The predicted molar refractivity (Wildman–Crippen MR) is 298 cm³/mol. The van der Waals surface area contributed by atoms with E-state index in [1.807, 2.05) is 0 Å². The molecule has 0 bridgehead atoms. The molecule has 0 spiro atoms. The molecule has 0 fully saturated rings. The molecule has 0 aromatic rings. The smallest absolute Gasteiger partial charge is 0.462 e. The molecular weight excluding hydrogens is 928 g/mol. The van der Waals surface area contributed by atoms with Crippen LogP contribution in [0.3, 0.4) is 0 Å². The quantitative estimate of drug-likeness (QED) is 0.0197. The molecule has 12 heteroatoms. The maximum atomic E-state index is 12.9. The number of carbonyl (C=O) groups is 3. The normalized spacial score (nSPS) is 14.0. The third-order valence-corrected chi connectivity index (χ3v) is 12.7. The van der Waals surface area contributed by atoms with E-state index >= 15 is 0 Å². The summed E-state index contributed by atoms with van der Waals surface area (Å²) >= 11 is 0. The van der Waals surface area contributed by atoms with Crippen molar-refractivity contribution in [1.29, 1.82) is 0 Å². The van der Waals surface area contributed by atoms with Gasteiger partial charge in [0.15, 0.2) is 6.10 Å². The van der Waals surface area contributed by atoms with Gasteiger partial charge in [-0.15, -0.1) is 0 Å². The van der Waals surface area contributed by atoms with Crippen LogP contribution in [0.1, 0.15) is 239 Å². The lowest BCUT2D eigenvalue weighted by Crippen LogP contribution is -2.30. The van der Waals surface area contributed by atoms with Gasteiger partial charge in [-0.2, -0.15) is 0 Å². The molecule has 414 valence electrons. The zero-order chi connectivity index (χ0) is 52.7. The van der Waals surface area contributed by atoms with Crippen LogP contribution in [-0.2, 0) is 42.2 Å². The minimum absolute atomic E-state index is 0.148. The molecule has 0 heterocycles. The SMILES string of the molecule is CC/C=C\C/C=C\C/C=C\C/C=C\CCCCCCC(=O)OCC(COP(=O)(O)OCC(CO)OC(=O)CCCCCCC/C=C\C/C=C\CCC)OC(=O)CCCCCCC/C=C\CCCCCCCC. The van der Waals surface area contributed by atoms with Crippen molar-refractivity contribution >= 4 is 25.7 Å². The number of ether oxygens (including phenoxy) is 3. The lowest BCUT2D eigenvalue weighted by molar-refractivity contribution is -0.161. The standard InChI is InChI=1S/C60H103O11P/c1-4-7-10-13-16-19-22-25-27-28-30-32-34-37-40-43-46-49-58(62)67-53-57(71-60(64)51-48-45-42-39-36-33-29-26-23-20-17-14-11-8-5-2)55-69-72(65,66)68-54-56(52-61)70-59(63)50-47-44-41-38-35-31-24-21-18-15-12-9-6-3/h7,10,12,15-16,19,21,24-27,29-30,32,56-57,61H,4-6,8-9,11,13-14,17-18,20,22-23,28,31,33-55H2,1-3H3,(H,65,66)/b10-7-,15-12-,19-16-,24-21-,27-25-,29-26-,32-30-. The van der Waals surface area contributed by atoms with Crippen LogP contribution in [0.15, 0.2) is 85.1 Å². The van der Waals surface area contributed by atoms with Crippen molar-refractivity contribution in [3.8, 4) is 0 Å². The van der Waals surface area contributed by atoms with Gasteiger partial charge in [0.1, 0.15) is 12.7 Å². The van der Waals surface area contributed by atoms with Crippen molar-refractivity contribution in [3.05, 3.63) is 85.1 Å². The van der Waals surface area contributed by atoms with Crippen LogP contribution in [0.5, 0.6) is 0 Å². The minimum Gasteiger partial charge on any atom is -0.462 e. The number of hydrogen-bond donors (Lipinski definition) is 2. The van der Waals surface area contributed by atoms with Crippen LogP contribution >= 0.6 is 7.82 Å². The molecular formula is C60H103O11P. The van der Waals surface area contributed by atoms with Crippen molar-refractivity contribution in [2.24, 2.45) is 0 Å². The third-order valence-electron chi connectivity index (χ3n) is 11.8. The second-order valence-corrected chi connectivity index (χ2v) is 20.2. The van der Waals surface area contributed by atoms with Gasteiger partial charge in [-0.3, -0.25) is 23.4 Å². The highest BCUT2D eigenvalue weighted by atomic mass is 31.2. The molecule has 0 aromatic carbocycles. The summed E-state index contributed by atoms with van der Waals surface area (Å²) in [4.78, 5) is 48.5. The number of phosphoric ester groups is 1. The Labute approximate surface area is 439 Å². The number of rotatable bonds is 52. The van der Waals surface area contributed by atoms with Gasteiger partial charge in [-0.25, -0.2) is 4.57 Å². The van der Waals surface area contributed by atoms with Crippen molar-refractivity contribution in [2.45, 2.75) is 251 Å². The van der Waals surface area contributed by atoms with E-state index in [2.05, 4.69) is 106 Å². The highest BCUT2D eigenvalue weighted by Crippen LogP contribution is 2.43. The molecule has 3 atom stereocenters. The highest BCUT2D eigenvalue weighted by Gasteiger charge is 2.28. The van der Waals surface area contributed by atoms with E-state index in [1.54, 1.807) is 0 Å². The Balaban J connectivity index is 4.79. The summed E-state index contributed by atoms with van der Waals surface area (Å²) in [7, 11) is -4.76. The fourth-order valence-electron chi connectivity index (χ4n) is 7.44. The van der Waals surface area contributed by atoms with Gasteiger partial charge < -0.3 is 24.2 Å². The van der Waals surface area contributed by atoms with Crippen LogP contribution in [0.4, 0.5) is 0 Å². The van der Waals surface area contributed by atoms with Gasteiger partial charge in [-0.1, -0.05) is 196 Å². The maximum Gasteiger partial charge on any atom is 0.472 e. The average Bonchev–Trinajstić information content (AvgIpc) is 3.37. The lowest BCUT2D eigenvalue weighted by Gasteiger charge is -2.21. The Bertz CT molecular complexity index is 1530. The topological polar surface area (TPSA) is 155 Å². The predicted octanol–water partition coefficient (Wildman–Crippen LogP) is 16.7. The summed E-state index contributed by atoms with van der Waals surface area (Å²) in [6, 6.07) is 0. The number of carbonyl (C=O) groups excluding carboxylic acids is 3. The fraction of sp³-hybridized carbons (Fsp3) is 0.717. The van der Waals surface area contributed by atoms with Crippen molar-refractivity contribution in [1.82, 2.24) is 0 Å². The Hall–Kier alpha value is -3.34. The van der Waals surface area contributed by atoms with E-state index in [0.717, 1.165) is 141 Å². The third kappa shape index (κ3) is 51.6. The second kappa shape index (κ2) is 53.9. The number of phosphoric acid groups is 1. The van der Waals surface area contributed by atoms with E-state index in [1.165, 1.54) is 38.5 Å². The highest BCUT2D eigenvalue weighted by molar-refractivity contribution is 7.47. The van der Waals surface area contributed by atoms with E-state index < -0.39 is 57.8 Å². The first kappa shape index (κ1) is 68.7. The van der Waals surface area contributed by atoms with Crippen LogP contribution in [0.2, 0.25) is 0 Å². The zero-order valence-corrected chi connectivity index (χ0v) is 46.5. The van der Waals surface area contributed by atoms with Gasteiger partial charge in [0.25, 0.3) is 0 Å². The van der Waals surface area contributed by atoms with Gasteiger partial charge in [0.05, 0.1) is 19.8 Å². The molecule has 2 N–H and O–H groups in total. The molecule has 0 aliphatic rings. The molecule has 0 saturated heterocycles. The Morgan fingerprint density at radius 2 is 0.750 bits per heavy atom. The lowest BCUT2D eigenvalue weighted by atomic mass is 10.1. The van der Waals surface area contributed by atoms with Crippen LogP contribution in [0.25, 0.3) is 0 Å². The van der Waals surface area contributed by atoms with E-state index in [0.29, 0.717) is 19.3 Å². The molecule has 0 amide bonds. The largest absolute Gasteiger partial charge is 0.472 e. The molecule has 11 nitrogen and oxygen atoms in total. The summed E-state index contributed by atoms with van der Waals surface area (Å²) in [5, 5.41) is 9.80. The Morgan fingerprint density at radius 1 is 0.403 bits per heavy atom. The number of esters is 3. The second-order valence-electron chi connectivity index (χ2n) is 18.7. The van der Waals surface area contributed by atoms with Crippen LogP contribution in [0, 0.1) is 0 Å². The molecule has 72 heavy (non-hydrogen) atoms. The summed E-state index contributed by atoms with van der Waals surface area (Å²) in [6.07, 6.45) is 61.1. The van der Waals surface area contributed by atoms with E-state index in [9.17, 15) is 28.9 Å². The van der Waals surface area contributed by atoms with E-state index in [-0.39, 0.29) is 25.9 Å². The summed E-state index contributed by atoms with van der Waals surface area (Å²) in [6.45, 7) is 4.41. The number of allylic oxidation sites excluding steroid dienone is 14. The number of aliphatic hydroxyl groups excluding tert-OH is 1. The molecule has 0 rings (SSSR count). The summed E-state index contributed by atoms with van der Waals surface area (Å²) < 4.78 is 39.5. The fourth-order valence-corrected chi connectivity index (χ4v) is 8.22. The first-order valence-electron chi connectivity index (χ1n) is 28.5. The van der Waals surface area contributed by atoms with Gasteiger partial charge in [0.2, 0.25) is 0 Å². The van der Waals surface area contributed by atoms with Crippen LogP contribution < -0.4 is 0 Å². The Morgan fingerprint density at radius 3 is 1.18 bits per heavy atom. The first-order valence-corrected chi connectivity index (χ1v) is 30.0. The van der Waals surface area contributed by atoms with Crippen LogP contribution in [-0.4, -0.2) is 66.5 Å². The van der Waals surface area contributed by atoms with Gasteiger partial charge in [-0.05, 0) is 109 Å². The molecule has 0 saturated carbocycles. The molecule has 0 aromatic heterocycles. The van der Waals surface area contributed by atoms with Crippen molar-refractivity contribution < 1.29 is 52.2 Å². The van der Waals surface area contributed by atoms with Crippen molar-refractivity contribution in [2.75, 3.05) is 26.4 Å². The average molecular weight is 1030 g/mol. The number of hydrogen-bond acceptors (Lipinski definition) is 10. The molecule has 0 aliphatic carbocycles. The van der Waals surface area contributed by atoms with Gasteiger partial charge in [0, 0.05) is 19.3 Å². The molecule has 0 radical (unpaired) electrons. The monoisotopic (exact) mass is 1030 g/mol. The molecule has 0 aliphatic heterocycles. The van der Waals surface area contributed by atoms with E-state index in [4.69, 9.17) is 23.3 Å². The number of aliphatic hydroxyl groups is 1. The zero-order valence-electron chi connectivity index (χ0n) is 45.6. The Kier molecular flexibility index (Phi) is 51.4. The maximum absolute atomic E-state index is 12.9. The van der Waals surface area contributed by atoms with Gasteiger partial charge >= 0.3 is 25.7 Å². The minimum atomic E-state index is -4.76. The first-order chi connectivity index (χ1) is 35.2. The summed E-state index contributed by atoms with van der Waals surface area (Å²) in [5.74, 6) is -1.52.